The number of amides is 1. The highest BCUT2D eigenvalue weighted by Gasteiger charge is 2.30. The number of hydrogen-bond donors (Lipinski definition) is 0. The fourth-order valence-corrected chi connectivity index (χ4v) is 5.12. The van der Waals surface area contributed by atoms with Crippen LogP contribution in [0.25, 0.3) is 11.1 Å². The van der Waals surface area contributed by atoms with E-state index in [0.29, 0.717) is 43.4 Å². The van der Waals surface area contributed by atoms with Gasteiger partial charge in [0.05, 0.1) is 0 Å². The molecule has 0 saturated carbocycles. The van der Waals surface area contributed by atoms with E-state index >= 15 is 0 Å². The third-order valence-corrected chi connectivity index (χ3v) is 6.87. The van der Waals surface area contributed by atoms with Crippen molar-refractivity contribution in [3.05, 3.63) is 81.4 Å². The van der Waals surface area contributed by atoms with Crippen molar-refractivity contribution in [1.82, 2.24) is 4.90 Å². The number of rotatable bonds is 3. The van der Waals surface area contributed by atoms with Gasteiger partial charge >= 0.3 is 0 Å². The molecule has 2 aliphatic rings. The van der Waals surface area contributed by atoms with Crippen LogP contribution in [-0.2, 0) is 19.5 Å². The Hall–Kier alpha value is -3.27. The van der Waals surface area contributed by atoms with Gasteiger partial charge in [-0.2, -0.15) is 0 Å². The van der Waals surface area contributed by atoms with Gasteiger partial charge in [-0.1, -0.05) is 36.8 Å². The van der Waals surface area contributed by atoms with Crippen LogP contribution in [-0.4, -0.2) is 24.0 Å². The summed E-state index contributed by atoms with van der Waals surface area (Å²) in [5.74, 6) is 1.40. The Morgan fingerprint density at radius 1 is 0.875 bits per heavy atom. The van der Waals surface area contributed by atoms with E-state index in [4.69, 9.17) is 9.47 Å². The quantitative estimate of drug-likeness (QED) is 0.533. The van der Waals surface area contributed by atoms with E-state index in [-0.39, 0.29) is 5.91 Å². The molecule has 164 valence electrons. The maximum atomic E-state index is 13.4. The Labute approximate surface area is 189 Å². The smallest absolute Gasteiger partial charge is 0.254 e. The highest BCUT2D eigenvalue weighted by molar-refractivity contribution is 5.95. The van der Waals surface area contributed by atoms with Gasteiger partial charge in [0.15, 0.2) is 11.5 Å². The second kappa shape index (κ2) is 8.01. The summed E-state index contributed by atoms with van der Waals surface area (Å²) < 4.78 is 11.3. The fourth-order valence-electron chi connectivity index (χ4n) is 5.12. The lowest BCUT2D eigenvalue weighted by atomic mass is 9.84. The molecule has 2 aliphatic heterocycles. The van der Waals surface area contributed by atoms with Gasteiger partial charge < -0.3 is 14.4 Å². The van der Waals surface area contributed by atoms with Gasteiger partial charge in [0.2, 0.25) is 0 Å². The molecular formula is C28H29NO3. The SMILES string of the molecule is CCc1c(C)c2c(c(C)c1-c1ccc(C)cc1)CN(C(=O)c1ccc3c(c1)OCCO3)C2. The summed E-state index contributed by atoms with van der Waals surface area (Å²) in [4.78, 5) is 15.4. The van der Waals surface area contributed by atoms with E-state index in [1.165, 1.54) is 44.5 Å². The Bertz CT molecular complexity index is 1210. The summed E-state index contributed by atoms with van der Waals surface area (Å²) in [7, 11) is 0. The molecule has 0 N–H and O–H groups in total. The highest BCUT2D eigenvalue weighted by atomic mass is 16.6. The van der Waals surface area contributed by atoms with Crippen LogP contribution in [0.15, 0.2) is 42.5 Å². The standard InChI is InChI=1S/C28H29NO3/c1-5-22-18(3)23-15-29(28(30)21-10-11-25-26(14-21)32-13-12-31-25)16-24(23)19(4)27(22)20-8-6-17(2)7-9-20/h6-11,14H,5,12-13,15-16H2,1-4H3. The monoisotopic (exact) mass is 427 g/mol. The van der Waals surface area contributed by atoms with Gasteiger partial charge in [-0.25, -0.2) is 0 Å². The zero-order valence-corrected chi connectivity index (χ0v) is 19.2. The van der Waals surface area contributed by atoms with Crippen LogP contribution in [0.2, 0.25) is 0 Å². The van der Waals surface area contributed by atoms with Crippen LogP contribution in [0.5, 0.6) is 11.5 Å². The minimum Gasteiger partial charge on any atom is -0.486 e. The van der Waals surface area contributed by atoms with Crippen LogP contribution in [0.1, 0.15) is 50.7 Å². The molecule has 4 nitrogen and oxygen atoms in total. The van der Waals surface area contributed by atoms with Crippen LogP contribution < -0.4 is 9.47 Å². The minimum atomic E-state index is 0.0342. The van der Waals surface area contributed by atoms with Gasteiger partial charge in [-0.15, -0.1) is 0 Å². The second-order valence-electron chi connectivity index (χ2n) is 8.80. The molecule has 3 aromatic carbocycles. The first-order valence-electron chi connectivity index (χ1n) is 11.4. The summed E-state index contributed by atoms with van der Waals surface area (Å²) in [6.45, 7) is 11.1. The zero-order chi connectivity index (χ0) is 22.4. The topological polar surface area (TPSA) is 38.8 Å². The third kappa shape index (κ3) is 3.35. The number of ether oxygens (including phenoxy) is 2. The Balaban J connectivity index is 1.51. The molecule has 0 spiro atoms. The van der Waals surface area contributed by atoms with Crippen LogP contribution >= 0.6 is 0 Å². The number of hydrogen-bond acceptors (Lipinski definition) is 3. The number of nitrogens with zero attached hydrogens (tertiary/aromatic N) is 1. The first-order valence-corrected chi connectivity index (χ1v) is 11.4. The van der Waals surface area contributed by atoms with Crippen LogP contribution in [0, 0.1) is 20.8 Å². The maximum Gasteiger partial charge on any atom is 0.254 e. The van der Waals surface area contributed by atoms with Gasteiger partial charge in [0, 0.05) is 18.7 Å². The van der Waals surface area contributed by atoms with E-state index in [1.807, 2.05) is 23.1 Å². The largest absolute Gasteiger partial charge is 0.486 e. The molecule has 3 aromatic rings. The van der Waals surface area contributed by atoms with Crippen LogP contribution in [0.3, 0.4) is 0 Å². The van der Waals surface area contributed by atoms with Crippen molar-refractivity contribution >= 4 is 5.91 Å². The van der Waals surface area contributed by atoms with E-state index < -0.39 is 0 Å². The normalized spacial score (nSPS) is 14.4. The molecule has 4 heteroatoms. The van der Waals surface area contributed by atoms with Crippen molar-refractivity contribution in [2.45, 2.75) is 47.2 Å². The van der Waals surface area contributed by atoms with Crippen molar-refractivity contribution in [2.75, 3.05) is 13.2 Å². The molecule has 1 amide bonds. The van der Waals surface area contributed by atoms with Crippen LogP contribution in [0.4, 0.5) is 0 Å². The van der Waals surface area contributed by atoms with Crippen molar-refractivity contribution in [1.29, 1.82) is 0 Å². The van der Waals surface area contributed by atoms with Crippen molar-refractivity contribution in [3.8, 4) is 22.6 Å². The lowest BCUT2D eigenvalue weighted by Gasteiger charge is -2.20. The van der Waals surface area contributed by atoms with E-state index in [0.717, 1.165) is 6.42 Å². The third-order valence-electron chi connectivity index (χ3n) is 6.87. The van der Waals surface area contributed by atoms with Crippen molar-refractivity contribution in [3.63, 3.8) is 0 Å². The maximum absolute atomic E-state index is 13.4. The summed E-state index contributed by atoms with van der Waals surface area (Å²) in [5, 5.41) is 0. The van der Waals surface area contributed by atoms with E-state index in [9.17, 15) is 4.79 Å². The molecule has 0 radical (unpaired) electrons. The minimum absolute atomic E-state index is 0.0342. The molecular weight excluding hydrogens is 398 g/mol. The molecule has 0 bridgehead atoms. The second-order valence-corrected chi connectivity index (χ2v) is 8.80. The number of carbonyl (C=O) groups excluding carboxylic acids is 1. The molecule has 0 unspecified atom stereocenters. The van der Waals surface area contributed by atoms with Gasteiger partial charge in [-0.05, 0) is 84.3 Å². The van der Waals surface area contributed by atoms with Crippen molar-refractivity contribution < 1.29 is 14.3 Å². The summed E-state index contributed by atoms with van der Waals surface area (Å²) in [5.41, 5.74) is 11.1. The van der Waals surface area contributed by atoms with Gasteiger partial charge in [0.25, 0.3) is 5.91 Å². The molecule has 0 fully saturated rings. The van der Waals surface area contributed by atoms with Gasteiger partial charge in [0.1, 0.15) is 13.2 Å². The summed E-state index contributed by atoms with van der Waals surface area (Å²) >= 11 is 0. The molecule has 2 heterocycles. The lowest BCUT2D eigenvalue weighted by Crippen LogP contribution is -2.25. The first-order chi connectivity index (χ1) is 15.5. The number of carbonyl (C=O) groups is 1. The average Bonchev–Trinajstić information content (AvgIpc) is 3.27. The molecule has 0 saturated heterocycles. The predicted molar refractivity (Wildman–Crippen MR) is 126 cm³/mol. The average molecular weight is 428 g/mol. The molecule has 5 rings (SSSR count). The van der Waals surface area contributed by atoms with Crippen molar-refractivity contribution in [2.24, 2.45) is 0 Å². The zero-order valence-electron chi connectivity index (χ0n) is 19.2. The summed E-state index contributed by atoms with van der Waals surface area (Å²) in [6, 6.07) is 14.3. The van der Waals surface area contributed by atoms with E-state index in [1.54, 1.807) is 0 Å². The number of fused-ring (bicyclic) bond motifs is 2. The Morgan fingerprint density at radius 3 is 2.22 bits per heavy atom. The molecule has 0 aromatic heterocycles. The number of aryl methyl sites for hydroxylation is 1. The highest BCUT2D eigenvalue weighted by Crippen LogP contribution is 2.40. The van der Waals surface area contributed by atoms with Gasteiger partial charge in [-0.3, -0.25) is 4.79 Å². The Morgan fingerprint density at radius 2 is 1.53 bits per heavy atom. The summed E-state index contributed by atoms with van der Waals surface area (Å²) in [6.07, 6.45) is 0.971. The molecule has 0 aliphatic carbocycles. The Kier molecular flexibility index (Phi) is 5.16. The van der Waals surface area contributed by atoms with E-state index in [2.05, 4.69) is 52.0 Å². The molecule has 32 heavy (non-hydrogen) atoms. The number of benzene rings is 3. The lowest BCUT2D eigenvalue weighted by molar-refractivity contribution is 0.0750. The molecule has 0 atom stereocenters. The fraction of sp³-hybridized carbons (Fsp3) is 0.321. The predicted octanol–water partition coefficient (Wildman–Crippen LogP) is 5.77. The first kappa shape index (κ1) is 20.6.